The molecule has 3 heterocycles. The second-order valence-electron chi connectivity index (χ2n) is 6.47. The smallest absolute Gasteiger partial charge is 0.174 e. The van der Waals surface area contributed by atoms with Gasteiger partial charge in [0, 0.05) is 23.8 Å². The molecule has 1 aromatic carbocycles. The van der Waals surface area contributed by atoms with E-state index in [1.165, 1.54) is 11.1 Å². The van der Waals surface area contributed by atoms with Crippen LogP contribution in [0.25, 0.3) is 0 Å². The summed E-state index contributed by atoms with van der Waals surface area (Å²) in [5, 5.41) is 4.19. The minimum atomic E-state index is -0.00633. The van der Waals surface area contributed by atoms with E-state index < -0.39 is 0 Å². The van der Waals surface area contributed by atoms with Crippen molar-refractivity contribution in [3.63, 3.8) is 0 Å². The number of aromatic nitrogens is 2. The number of nitrogens with one attached hydrogen (secondary N) is 2. The Hall–Kier alpha value is -2.66. The van der Waals surface area contributed by atoms with Crippen molar-refractivity contribution < 1.29 is 0 Å². The molecule has 126 valence electrons. The Morgan fingerprint density at radius 3 is 2.48 bits per heavy atom. The monoisotopic (exact) mass is 348 g/mol. The summed E-state index contributed by atoms with van der Waals surface area (Å²) in [6.45, 7) is 4.23. The summed E-state index contributed by atoms with van der Waals surface area (Å²) in [6.07, 6.45) is 3.77. The van der Waals surface area contributed by atoms with Gasteiger partial charge in [-0.15, -0.1) is 0 Å². The Balaban J connectivity index is 1.83. The van der Waals surface area contributed by atoms with Crippen LogP contribution in [0.1, 0.15) is 34.6 Å². The van der Waals surface area contributed by atoms with Gasteiger partial charge in [-0.3, -0.25) is 4.98 Å². The lowest BCUT2D eigenvalue weighted by molar-refractivity contribution is 0.558. The number of aryl methyl sites for hydroxylation is 2. The van der Waals surface area contributed by atoms with Crippen LogP contribution in [-0.2, 0) is 0 Å². The van der Waals surface area contributed by atoms with Crippen LogP contribution in [0.5, 0.6) is 0 Å². The first-order valence-electron chi connectivity index (χ1n) is 8.36. The van der Waals surface area contributed by atoms with E-state index in [4.69, 9.17) is 12.2 Å². The maximum absolute atomic E-state index is 5.71. The summed E-state index contributed by atoms with van der Waals surface area (Å²) >= 11 is 5.71. The lowest BCUT2D eigenvalue weighted by Crippen LogP contribution is -2.29. The third-order valence-corrected chi connectivity index (χ3v) is 4.84. The second-order valence-corrected chi connectivity index (χ2v) is 6.85. The summed E-state index contributed by atoms with van der Waals surface area (Å²) in [6, 6.07) is 16.7. The number of hydrogen-bond donors (Lipinski definition) is 2. The highest BCUT2D eigenvalue weighted by molar-refractivity contribution is 7.80. The van der Waals surface area contributed by atoms with Gasteiger partial charge >= 0.3 is 0 Å². The number of pyridine rings is 1. The molecule has 3 aromatic rings. The zero-order valence-corrected chi connectivity index (χ0v) is 15.0. The summed E-state index contributed by atoms with van der Waals surface area (Å²) in [5.74, 6) is 0. The van der Waals surface area contributed by atoms with Crippen molar-refractivity contribution in [2.75, 3.05) is 4.90 Å². The molecule has 0 saturated carbocycles. The van der Waals surface area contributed by atoms with E-state index >= 15 is 0 Å². The molecule has 0 radical (unpaired) electrons. The van der Waals surface area contributed by atoms with Crippen molar-refractivity contribution in [1.82, 2.24) is 15.3 Å². The van der Waals surface area contributed by atoms with Gasteiger partial charge in [0.2, 0.25) is 0 Å². The molecule has 1 aliphatic heterocycles. The van der Waals surface area contributed by atoms with E-state index in [-0.39, 0.29) is 12.1 Å². The number of anilines is 1. The molecule has 0 spiro atoms. The normalized spacial score (nSPS) is 19.9. The Morgan fingerprint density at radius 1 is 1.04 bits per heavy atom. The first-order chi connectivity index (χ1) is 12.1. The minimum absolute atomic E-state index is 0.00633. The number of rotatable bonds is 3. The van der Waals surface area contributed by atoms with E-state index in [1.54, 1.807) is 0 Å². The van der Waals surface area contributed by atoms with Gasteiger partial charge < -0.3 is 15.2 Å². The molecule has 5 heteroatoms. The molecule has 2 atom stereocenters. The molecule has 0 bridgehead atoms. The first-order valence-corrected chi connectivity index (χ1v) is 8.76. The van der Waals surface area contributed by atoms with Gasteiger partial charge in [0.05, 0.1) is 11.7 Å². The Morgan fingerprint density at radius 2 is 1.84 bits per heavy atom. The van der Waals surface area contributed by atoms with Crippen molar-refractivity contribution in [3.8, 4) is 0 Å². The fourth-order valence-electron chi connectivity index (χ4n) is 3.57. The standard InChI is InChI=1S/C20H20N4S/c1-13-10-14(2)12-15(11-13)24-19(17-7-5-9-22-17)18(23-20(24)25)16-6-3-4-8-21-16/h3-12,18-19,22H,1-2H3,(H,23,25)/t18-,19+/m0/s1. The van der Waals surface area contributed by atoms with Crippen LogP contribution in [0, 0.1) is 13.8 Å². The molecule has 1 fully saturated rings. The summed E-state index contributed by atoms with van der Waals surface area (Å²) in [5.41, 5.74) is 5.65. The number of benzene rings is 1. The van der Waals surface area contributed by atoms with Crippen LogP contribution in [0.3, 0.4) is 0 Å². The molecule has 1 aliphatic rings. The van der Waals surface area contributed by atoms with Gasteiger partial charge in [-0.1, -0.05) is 12.1 Å². The third-order valence-electron chi connectivity index (χ3n) is 4.52. The van der Waals surface area contributed by atoms with Gasteiger partial charge in [-0.25, -0.2) is 0 Å². The molecule has 25 heavy (non-hydrogen) atoms. The number of hydrogen-bond acceptors (Lipinski definition) is 2. The minimum Gasteiger partial charge on any atom is -0.363 e. The molecule has 1 saturated heterocycles. The lowest BCUT2D eigenvalue weighted by atomic mass is 10.0. The number of H-pyrrole nitrogens is 1. The first kappa shape index (κ1) is 15.8. The Kier molecular flexibility index (Phi) is 4.01. The fraction of sp³-hybridized carbons (Fsp3) is 0.200. The molecule has 0 unspecified atom stereocenters. The Labute approximate surface area is 152 Å². The van der Waals surface area contributed by atoms with Crippen LogP contribution in [0.2, 0.25) is 0 Å². The molecular formula is C20H20N4S. The summed E-state index contributed by atoms with van der Waals surface area (Å²) in [4.78, 5) is 10.1. The highest BCUT2D eigenvalue weighted by Gasteiger charge is 2.41. The van der Waals surface area contributed by atoms with E-state index in [9.17, 15) is 0 Å². The van der Waals surface area contributed by atoms with Crippen molar-refractivity contribution in [2.24, 2.45) is 0 Å². The molecule has 0 aliphatic carbocycles. The fourth-order valence-corrected chi connectivity index (χ4v) is 3.91. The van der Waals surface area contributed by atoms with Crippen LogP contribution >= 0.6 is 12.2 Å². The summed E-state index contributed by atoms with van der Waals surface area (Å²) < 4.78 is 0. The zero-order valence-electron chi connectivity index (χ0n) is 14.2. The van der Waals surface area contributed by atoms with Gasteiger partial charge in [0.15, 0.2) is 5.11 Å². The second kappa shape index (κ2) is 6.33. The van der Waals surface area contributed by atoms with Gasteiger partial charge in [-0.2, -0.15) is 0 Å². The topological polar surface area (TPSA) is 44.0 Å². The number of thiocarbonyl (C=S) groups is 1. The molecular weight excluding hydrogens is 328 g/mol. The number of aromatic amines is 1. The molecule has 2 aromatic heterocycles. The SMILES string of the molecule is Cc1cc(C)cc(N2C(=S)N[C@@H](c3ccccn3)[C@H]2c2ccc[nH]2)c1. The predicted molar refractivity (Wildman–Crippen MR) is 105 cm³/mol. The van der Waals surface area contributed by atoms with Crippen LogP contribution < -0.4 is 10.2 Å². The van der Waals surface area contributed by atoms with E-state index in [0.717, 1.165) is 22.2 Å². The highest BCUT2D eigenvalue weighted by Crippen LogP contribution is 2.41. The quantitative estimate of drug-likeness (QED) is 0.696. The van der Waals surface area contributed by atoms with Gasteiger partial charge in [0.25, 0.3) is 0 Å². The van der Waals surface area contributed by atoms with Gasteiger partial charge in [0.1, 0.15) is 6.04 Å². The van der Waals surface area contributed by atoms with Crippen LogP contribution in [-0.4, -0.2) is 15.1 Å². The largest absolute Gasteiger partial charge is 0.363 e. The molecule has 4 nitrogen and oxygen atoms in total. The predicted octanol–water partition coefficient (Wildman–Crippen LogP) is 4.20. The zero-order chi connectivity index (χ0) is 17.4. The van der Waals surface area contributed by atoms with Crippen LogP contribution in [0.15, 0.2) is 60.9 Å². The maximum Gasteiger partial charge on any atom is 0.174 e. The van der Waals surface area contributed by atoms with E-state index in [0.29, 0.717) is 0 Å². The van der Waals surface area contributed by atoms with Crippen molar-refractivity contribution in [3.05, 3.63) is 83.4 Å². The third kappa shape index (κ3) is 2.91. The van der Waals surface area contributed by atoms with E-state index in [1.807, 2.05) is 36.7 Å². The molecule has 4 rings (SSSR count). The van der Waals surface area contributed by atoms with Gasteiger partial charge in [-0.05, 0) is 73.6 Å². The average Bonchev–Trinajstić information content (AvgIpc) is 3.22. The highest BCUT2D eigenvalue weighted by atomic mass is 32.1. The molecule has 2 N–H and O–H groups in total. The Bertz CT molecular complexity index is 869. The summed E-state index contributed by atoms with van der Waals surface area (Å²) in [7, 11) is 0. The van der Waals surface area contributed by atoms with Crippen LogP contribution in [0.4, 0.5) is 5.69 Å². The average molecular weight is 348 g/mol. The lowest BCUT2D eigenvalue weighted by Gasteiger charge is -2.27. The van der Waals surface area contributed by atoms with E-state index in [2.05, 4.69) is 58.3 Å². The number of nitrogens with zero attached hydrogens (tertiary/aromatic N) is 2. The van der Waals surface area contributed by atoms with Crippen molar-refractivity contribution in [1.29, 1.82) is 0 Å². The molecule has 0 amide bonds. The van der Waals surface area contributed by atoms with Crippen molar-refractivity contribution in [2.45, 2.75) is 25.9 Å². The maximum atomic E-state index is 5.71. The van der Waals surface area contributed by atoms with Crippen molar-refractivity contribution >= 4 is 23.0 Å².